The predicted molar refractivity (Wildman–Crippen MR) is 126 cm³/mol. The number of aliphatic hydroxyl groups is 1. The number of amides is 1. The first-order chi connectivity index (χ1) is 16.1. The summed E-state index contributed by atoms with van der Waals surface area (Å²) in [6.45, 7) is 3.55. The monoisotopic (exact) mass is 487 g/mol. The van der Waals surface area contributed by atoms with E-state index in [-0.39, 0.29) is 31.1 Å². The second kappa shape index (κ2) is 8.94. The first kappa shape index (κ1) is 22.7. The minimum atomic E-state index is -0.625. The molecule has 1 saturated heterocycles. The van der Waals surface area contributed by atoms with Gasteiger partial charge in [0, 0.05) is 18.8 Å². The van der Waals surface area contributed by atoms with E-state index in [9.17, 15) is 9.90 Å². The minimum Gasteiger partial charge on any atom is -0.492 e. The molecule has 10 nitrogen and oxygen atoms in total. The second-order valence-corrected chi connectivity index (χ2v) is 8.80. The molecule has 1 aromatic carbocycles. The summed E-state index contributed by atoms with van der Waals surface area (Å²) in [7, 11) is 0. The fourth-order valence-electron chi connectivity index (χ4n) is 4.43. The van der Waals surface area contributed by atoms with Gasteiger partial charge in [-0.05, 0) is 37.8 Å². The Morgan fingerprint density at radius 3 is 2.88 bits per heavy atom. The van der Waals surface area contributed by atoms with Gasteiger partial charge >= 0.3 is 0 Å². The number of carbonyl (C=O) groups excluding carboxylic acids is 1. The number of β-amino-alcohol motifs (C(OH)–C–C–N with tert-alkyl or cyclic N) is 1. The number of H-pyrrole nitrogens is 1. The molecule has 11 heteroatoms. The van der Waals surface area contributed by atoms with Crippen molar-refractivity contribution in [3.05, 3.63) is 29.7 Å². The number of aromatic nitrogens is 3. The normalized spacial score (nSPS) is 20.9. The van der Waals surface area contributed by atoms with Crippen LogP contribution in [0.15, 0.2) is 18.5 Å². The van der Waals surface area contributed by atoms with Gasteiger partial charge in [0.25, 0.3) is 5.91 Å². The second-order valence-electron chi connectivity index (χ2n) is 8.80. The summed E-state index contributed by atoms with van der Waals surface area (Å²) in [5.41, 5.74) is 3.47. The van der Waals surface area contributed by atoms with E-state index in [0.29, 0.717) is 76.4 Å². The molecule has 1 saturated carbocycles. The molecule has 0 unspecified atom stereocenters. The van der Waals surface area contributed by atoms with Gasteiger partial charge in [0.2, 0.25) is 6.79 Å². The summed E-state index contributed by atoms with van der Waals surface area (Å²) < 4.78 is 17.5. The van der Waals surface area contributed by atoms with Gasteiger partial charge in [-0.15, -0.1) is 12.4 Å². The molecule has 2 aromatic heterocycles. The molecule has 6 rings (SSSR count). The molecular weight excluding hydrogens is 462 g/mol. The molecule has 180 valence electrons. The van der Waals surface area contributed by atoms with Crippen molar-refractivity contribution in [3.8, 4) is 28.5 Å². The fraction of sp³-hybridized carbons (Fsp3) is 0.435. The maximum Gasteiger partial charge on any atom is 0.255 e. The number of hydrogen-bond acceptors (Lipinski definition) is 8. The number of benzene rings is 1. The highest BCUT2D eigenvalue weighted by Gasteiger charge is 2.31. The third-order valence-corrected chi connectivity index (χ3v) is 6.41. The van der Waals surface area contributed by atoms with Crippen LogP contribution in [0.2, 0.25) is 0 Å². The lowest BCUT2D eigenvalue weighted by Gasteiger charge is -2.15. The van der Waals surface area contributed by atoms with Crippen LogP contribution in [0.25, 0.3) is 22.3 Å². The molecule has 4 N–H and O–H groups in total. The first-order valence-corrected chi connectivity index (χ1v) is 11.2. The topological polar surface area (TPSA) is 131 Å². The molecule has 2 fully saturated rings. The van der Waals surface area contributed by atoms with Crippen LogP contribution in [0.4, 0.5) is 0 Å². The van der Waals surface area contributed by atoms with Crippen LogP contribution in [0.3, 0.4) is 0 Å². The van der Waals surface area contributed by atoms with Gasteiger partial charge in [0.05, 0.1) is 35.4 Å². The largest absolute Gasteiger partial charge is 0.492 e. The third-order valence-electron chi connectivity index (χ3n) is 6.41. The zero-order chi connectivity index (χ0) is 22.5. The minimum absolute atomic E-state index is 0. The molecule has 34 heavy (non-hydrogen) atoms. The van der Waals surface area contributed by atoms with E-state index < -0.39 is 6.10 Å². The summed E-state index contributed by atoms with van der Waals surface area (Å²) in [4.78, 5) is 25.4. The summed E-state index contributed by atoms with van der Waals surface area (Å²) in [5.74, 6) is 2.14. The third kappa shape index (κ3) is 3.91. The van der Waals surface area contributed by atoms with E-state index in [1.807, 2.05) is 19.1 Å². The van der Waals surface area contributed by atoms with Crippen LogP contribution in [0.5, 0.6) is 17.2 Å². The van der Waals surface area contributed by atoms with Crippen LogP contribution < -0.4 is 24.8 Å². The Hall–Kier alpha value is -3.08. The van der Waals surface area contributed by atoms with Gasteiger partial charge in [-0.3, -0.25) is 4.79 Å². The molecule has 0 spiro atoms. The average Bonchev–Trinajstić information content (AvgIpc) is 3.18. The Morgan fingerprint density at radius 1 is 1.26 bits per heavy atom. The molecular formula is C23H26ClN5O5. The number of nitrogens with one attached hydrogen (secondary N) is 3. The zero-order valence-electron chi connectivity index (χ0n) is 18.6. The smallest absolute Gasteiger partial charge is 0.255 e. The molecule has 1 amide bonds. The quantitative estimate of drug-likeness (QED) is 0.415. The van der Waals surface area contributed by atoms with E-state index in [1.165, 1.54) is 19.2 Å². The van der Waals surface area contributed by atoms with Crippen molar-refractivity contribution in [1.29, 1.82) is 0 Å². The van der Waals surface area contributed by atoms with Gasteiger partial charge in [0.1, 0.15) is 23.3 Å². The standard InChI is InChI=1S/C23H25N5O5.ClH/c1-11-17(23(30)28-13-6-24-7-14(13)29)19-21(27-11)20(26-9-25-19)18-15(31-8-12-2-3-12)4-5-16-22(18)33-10-32-16;/h4-5,9,12-14,24,27,29H,2-3,6-8,10H2,1H3,(H,28,30);1H/t13-,14+;/m1./s1. The number of nitrogens with zero attached hydrogens (tertiary/aromatic N) is 2. The van der Waals surface area contributed by atoms with Gasteiger partial charge in [-0.1, -0.05) is 0 Å². The Labute approximate surface area is 201 Å². The molecule has 0 bridgehead atoms. The SMILES string of the molecule is Cc1[nH]c2c(-c3c(OCC4CC4)ccc4c3OCO4)ncnc2c1C(=O)N[C@@H]1CNC[C@@H]1O.Cl. The van der Waals surface area contributed by atoms with Crippen LogP contribution >= 0.6 is 12.4 Å². The number of aromatic amines is 1. The molecule has 0 radical (unpaired) electrons. The van der Waals surface area contributed by atoms with E-state index in [2.05, 4.69) is 25.6 Å². The van der Waals surface area contributed by atoms with E-state index >= 15 is 0 Å². The lowest BCUT2D eigenvalue weighted by atomic mass is 10.1. The van der Waals surface area contributed by atoms with Gasteiger partial charge in [0.15, 0.2) is 11.5 Å². The molecule has 4 heterocycles. The van der Waals surface area contributed by atoms with Crippen molar-refractivity contribution in [2.45, 2.75) is 31.9 Å². The number of aliphatic hydroxyl groups excluding tert-OH is 1. The van der Waals surface area contributed by atoms with Crippen LogP contribution in [-0.4, -0.2) is 64.6 Å². The van der Waals surface area contributed by atoms with Crippen molar-refractivity contribution in [1.82, 2.24) is 25.6 Å². The van der Waals surface area contributed by atoms with Crippen molar-refractivity contribution in [2.75, 3.05) is 26.5 Å². The van der Waals surface area contributed by atoms with Crippen LogP contribution in [-0.2, 0) is 0 Å². The van der Waals surface area contributed by atoms with Crippen LogP contribution in [0.1, 0.15) is 28.9 Å². The Bertz CT molecular complexity index is 1240. The lowest BCUT2D eigenvalue weighted by molar-refractivity contribution is 0.0889. The lowest BCUT2D eigenvalue weighted by Crippen LogP contribution is -2.42. The van der Waals surface area contributed by atoms with E-state index in [0.717, 1.165) is 0 Å². The number of ether oxygens (including phenoxy) is 3. The summed E-state index contributed by atoms with van der Waals surface area (Å²) in [5, 5.41) is 16.1. The highest BCUT2D eigenvalue weighted by atomic mass is 35.5. The maximum absolute atomic E-state index is 13.1. The number of rotatable bonds is 6. The Kier molecular flexibility index (Phi) is 5.97. The number of aryl methyl sites for hydroxylation is 1. The molecule has 3 aliphatic rings. The first-order valence-electron chi connectivity index (χ1n) is 11.2. The van der Waals surface area contributed by atoms with Crippen LogP contribution in [0, 0.1) is 12.8 Å². The Morgan fingerprint density at radius 2 is 2.12 bits per heavy atom. The molecule has 2 aliphatic heterocycles. The van der Waals surface area contributed by atoms with Crippen molar-refractivity contribution in [2.24, 2.45) is 5.92 Å². The molecule has 2 atom stereocenters. The van der Waals surface area contributed by atoms with Gasteiger partial charge < -0.3 is 34.9 Å². The highest BCUT2D eigenvalue weighted by Crippen LogP contribution is 2.48. The molecule has 1 aliphatic carbocycles. The van der Waals surface area contributed by atoms with Crippen molar-refractivity contribution in [3.63, 3.8) is 0 Å². The highest BCUT2D eigenvalue weighted by molar-refractivity contribution is 6.09. The number of halogens is 1. The summed E-state index contributed by atoms with van der Waals surface area (Å²) in [6.07, 6.45) is 3.17. The number of fused-ring (bicyclic) bond motifs is 2. The fourth-order valence-corrected chi connectivity index (χ4v) is 4.43. The van der Waals surface area contributed by atoms with Gasteiger partial charge in [-0.25, -0.2) is 9.97 Å². The van der Waals surface area contributed by atoms with Crippen molar-refractivity contribution >= 4 is 29.3 Å². The maximum atomic E-state index is 13.1. The van der Waals surface area contributed by atoms with E-state index in [4.69, 9.17) is 14.2 Å². The predicted octanol–water partition coefficient (Wildman–Crippen LogP) is 1.94. The van der Waals surface area contributed by atoms with Gasteiger partial charge in [-0.2, -0.15) is 0 Å². The summed E-state index contributed by atoms with van der Waals surface area (Å²) >= 11 is 0. The zero-order valence-corrected chi connectivity index (χ0v) is 19.4. The average molecular weight is 488 g/mol. The summed E-state index contributed by atoms with van der Waals surface area (Å²) in [6, 6.07) is 3.36. The van der Waals surface area contributed by atoms with Crippen molar-refractivity contribution < 1.29 is 24.1 Å². The number of hydrogen-bond donors (Lipinski definition) is 4. The van der Waals surface area contributed by atoms with E-state index in [1.54, 1.807) is 0 Å². The number of carbonyl (C=O) groups is 1. The Balaban J connectivity index is 0.00000241. The molecule has 3 aromatic rings.